The summed E-state index contributed by atoms with van der Waals surface area (Å²) in [4.78, 5) is 2.55. The number of nitrogens with zero attached hydrogens (tertiary/aromatic N) is 2. The normalized spacial score (nSPS) is 22.2. The number of hydrogen-bond donors (Lipinski definition) is 2. The van der Waals surface area contributed by atoms with Crippen molar-refractivity contribution >= 4 is 5.84 Å². The summed E-state index contributed by atoms with van der Waals surface area (Å²) in [5.41, 5.74) is 7.60. The lowest BCUT2D eigenvalue weighted by molar-refractivity contribution is 0.205. The zero-order valence-corrected chi connectivity index (χ0v) is 11.5. The molecule has 0 radical (unpaired) electrons. The van der Waals surface area contributed by atoms with Crippen molar-refractivity contribution in [2.75, 3.05) is 6.54 Å². The summed E-state index contributed by atoms with van der Waals surface area (Å²) >= 11 is 0. The Morgan fingerprint density at radius 3 is 2.74 bits per heavy atom. The van der Waals surface area contributed by atoms with Crippen LogP contribution in [-0.4, -0.2) is 28.5 Å². The predicted octanol–water partition coefficient (Wildman–Crippen LogP) is 2.55. The van der Waals surface area contributed by atoms with E-state index in [-0.39, 0.29) is 5.84 Å². The topological polar surface area (TPSA) is 61.8 Å². The van der Waals surface area contributed by atoms with Gasteiger partial charge in [-0.15, -0.1) is 0 Å². The van der Waals surface area contributed by atoms with Crippen LogP contribution in [0.4, 0.5) is 0 Å². The van der Waals surface area contributed by atoms with Gasteiger partial charge in [-0.3, -0.25) is 4.90 Å². The van der Waals surface area contributed by atoms with Gasteiger partial charge in [0.2, 0.25) is 0 Å². The average molecular weight is 261 g/mol. The molecule has 0 saturated carbocycles. The fraction of sp³-hybridized carbons (Fsp3) is 0.533. The summed E-state index contributed by atoms with van der Waals surface area (Å²) in [5, 5.41) is 11.7. The standard InChI is InChI=1S/C15H23N3O/c1-12-5-3-2-4-10-18(12)11-13-6-8-14(9-7-13)15(16)17-19/h6-9,12,19H,2-5,10-11H2,1H3,(H2,16,17). The minimum atomic E-state index is 0.162. The number of benzene rings is 1. The molecular formula is C15H23N3O. The van der Waals surface area contributed by atoms with Crippen LogP contribution < -0.4 is 5.73 Å². The summed E-state index contributed by atoms with van der Waals surface area (Å²) < 4.78 is 0. The van der Waals surface area contributed by atoms with E-state index in [1.54, 1.807) is 0 Å². The number of likely N-dealkylation sites (tertiary alicyclic amines) is 1. The Balaban J connectivity index is 2.02. The highest BCUT2D eigenvalue weighted by Crippen LogP contribution is 2.19. The van der Waals surface area contributed by atoms with E-state index in [4.69, 9.17) is 10.9 Å². The zero-order chi connectivity index (χ0) is 13.7. The molecule has 1 aliphatic rings. The molecule has 1 aromatic rings. The molecule has 1 saturated heterocycles. The minimum Gasteiger partial charge on any atom is -0.409 e. The van der Waals surface area contributed by atoms with Crippen LogP contribution >= 0.6 is 0 Å². The van der Waals surface area contributed by atoms with E-state index in [1.165, 1.54) is 37.8 Å². The maximum atomic E-state index is 8.64. The summed E-state index contributed by atoms with van der Waals surface area (Å²) in [6.07, 6.45) is 5.29. The van der Waals surface area contributed by atoms with Crippen LogP contribution in [0.3, 0.4) is 0 Å². The summed E-state index contributed by atoms with van der Waals surface area (Å²) in [6, 6.07) is 8.60. The second-order valence-electron chi connectivity index (χ2n) is 5.35. The predicted molar refractivity (Wildman–Crippen MR) is 77.3 cm³/mol. The Kier molecular flexibility index (Phi) is 4.80. The van der Waals surface area contributed by atoms with Gasteiger partial charge in [0.1, 0.15) is 0 Å². The molecule has 104 valence electrons. The van der Waals surface area contributed by atoms with Crippen molar-refractivity contribution in [2.24, 2.45) is 10.9 Å². The smallest absolute Gasteiger partial charge is 0.170 e. The first-order valence-corrected chi connectivity index (χ1v) is 7.01. The van der Waals surface area contributed by atoms with Gasteiger partial charge in [0.15, 0.2) is 5.84 Å². The molecule has 1 atom stereocenters. The molecule has 0 aliphatic carbocycles. The Morgan fingerprint density at radius 2 is 2.05 bits per heavy atom. The van der Waals surface area contributed by atoms with E-state index >= 15 is 0 Å². The van der Waals surface area contributed by atoms with Crippen LogP contribution in [0.1, 0.15) is 43.7 Å². The first-order chi connectivity index (χ1) is 9.20. The first-order valence-electron chi connectivity index (χ1n) is 7.01. The molecule has 0 bridgehead atoms. The lowest BCUT2D eigenvalue weighted by Gasteiger charge is -2.26. The Hall–Kier alpha value is -1.55. The molecule has 0 spiro atoms. The Morgan fingerprint density at radius 1 is 1.32 bits per heavy atom. The summed E-state index contributed by atoms with van der Waals surface area (Å²) in [5.74, 6) is 0.162. The third-order valence-electron chi connectivity index (χ3n) is 3.93. The average Bonchev–Trinajstić information content (AvgIpc) is 2.64. The van der Waals surface area contributed by atoms with Gasteiger partial charge in [-0.1, -0.05) is 42.3 Å². The van der Waals surface area contributed by atoms with Gasteiger partial charge < -0.3 is 10.9 Å². The highest BCUT2D eigenvalue weighted by molar-refractivity contribution is 5.96. The first kappa shape index (κ1) is 13.9. The van der Waals surface area contributed by atoms with Crippen molar-refractivity contribution in [1.29, 1.82) is 0 Å². The second-order valence-corrected chi connectivity index (χ2v) is 5.35. The Bertz CT molecular complexity index is 428. The van der Waals surface area contributed by atoms with E-state index in [0.717, 1.165) is 12.1 Å². The molecular weight excluding hydrogens is 238 g/mol. The minimum absolute atomic E-state index is 0.162. The van der Waals surface area contributed by atoms with Crippen molar-refractivity contribution < 1.29 is 5.21 Å². The zero-order valence-electron chi connectivity index (χ0n) is 11.5. The van der Waals surface area contributed by atoms with Crippen LogP contribution in [0, 0.1) is 0 Å². The highest BCUT2D eigenvalue weighted by Gasteiger charge is 2.16. The Labute approximate surface area is 114 Å². The third kappa shape index (κ3) is 3.70. The molecule has 1 aliphatic heterocycles. The summed E-state index contributed by atoms with van der Waals surface area (Å²) in [7, 11) is 0. The van der Waals surface area contributed by atoms with Crippen molar-refractivity contribution in [3.63, 3.8) is 0 Å². The van der Waals surface area contributed by atoms with E-state index in [1.807, 2.05) is 12.1 Å². The van der Waals surface area contributed by atoms with Crippen molar-refractivity contribution in [3.05, 3.63) is 35.4 Å². The number of amidine groups is 1. The molecule has 4 heteroatoms. The van der Waals surface area contributed by atoms with Crippen LogP contribution in [0.15, 0.2) is 29.4 Å². The maximum absolute atomic E-state index is 8.64. The molecule has 1 unspecified atom stereocenters. The third-order valence-corrected chi connectivity index (χ3v) is 3.93. The molecule has 19 heavy (non-hydrogen) atoms. The number of oxime groups is 1. The maximum Gasteiger partial charge on any atom is 0.170 e. The van der Waals surface area contributed by atoms with Crippen molar-refractivity contribution in [1.82, 2.24) is 4.90 Å². The highest BCUT2D eigenvalue weighted by atomic mass is 16.4. The van der Waals surface area contributed by atoms with Gasteiger partial charge in [0, 0.05) is 18.2 Å². The number of nitrogens with two attached hydrogens (primary N) is 1. The molecule has 3 N–H and O–H groups in total. The lowest BCUT2D eigenvalue weighted by Crippen LogP contribution is -2.31. The molecule has 1 aromatic carbocycles. The van der Waals surface area contributed by atoms with Crippen LogP contribution in [0.5, 0.6) is 0 Å². The van der Waals surface area contributed by atoms with Crippen LogP contribution in [0.2, 0.25) is 0 Å². The van der Waals surface area contributed by atoms with Gasteiger partial charge in [-0.05, 0) is 31.9 Å². The van der Waals surface area contributed by atoms with Gasteiger partial charge >= 0.3 is 0 Å². The lowest BCUT2D eigenvalue weighted by atomic mass is 10.1. The molecule has 0 amide bonds. The van der Waals surface area contributed by atoms with Gasteiger partial charge in [-0.2, -0.15) is 0 Å². The van der Waals surface area contributed by atoms with E-state index < -0.39 is 0 Å². The summed E-state index contributed by atoms with van der Waals surface area (Å²) in [6.45, 7) is 4.48. The molecule has 4 nitrogen and oxygen atoms in total. The monoisotopic (exact) mass is 261 g/mol. The molecule has 1 heterocycles. The van der Waals surface area contributed by atoms with Crippen LogP contribution in [0.25, 0.3) is 0 Å². The fourth-order valence-corrected chi connectivity index (χ4v) is 2.64. The van der Waals surface area contributed by atoms with Gasteiger partial charge in [0.05, 0.1) is 0 Å². The SMILES string of the molecule is CC1CCCCCN1Cc1ccc(C(N)=NO)cc1. The van der Waals surface area contributed by atoms with E-state index in [2.05, 4.69) is 29.1 Å². The quantitative estimate of drug-likeness (QED) is 0.380. The van der Waals surface area contributed by atoms with Gasteiger partial charge in [-0.25, -0.2) is 0 Å². The largest absolute Gasteiger partial charge is 0.409 e. The molecule has 1 fully saturated rings. The van der Waals surface area contributed by atoms with Crippen molar-refractivity contribution in [2.45, 2.75) is 45.2 Å². The number of rotatable bonds is 3. The van der Waals surface area contributed by atoms with Gasteiger partial charge in [0.25, 0.3) is 0 Å². The van der Waals surface area contributed by atoms with Crippen molar-refractivity contribution in [3.8, 4) is 0 Å². The van der Waals surface area contributed by atoms with E-state index in [0.29, 0.717) is 6.04 Å². The number of hydrogen-bond acceptors (Lipinski definition) is 3. The van der Waals surface area contributed by atoms with E-state index in [9.17, 15) is 0 Å². The fourth-order valence-electron chi connectivity index (χ4n) is 2.64. The molecule has 0 aromatic heterocycles. The molecule has 2 rings (SSSR count). The van der Waals surface area contributed by atoms with Crippen LogP contribution in [-0.2, 0) is 6.54 Å². The second kappa shape index (κ2) is 6.57.